The highest BCUT2D eigenvalue weighted by Crippen LogP contribution is 2.35. The smallest absolute Gasteiger partial charge is 0.367 e. The predicted molar refractivity (Wildman–Crippen MR) is 196 cm³/mol. The number of aromatic nitrogens is 3. The molecule has 11 nitrogen and oxygen atoms in total. The average Bonchev–Trinajstić information content (AvgIpc) is 3.68. The van der Waals surface area contributed by atoms with Crippen molar-refractivity contribution in [3.05, 3.63) is 52.3 Å². The third-order valence-electron chi connectivity index (χ3n) is 10.6. The molecule has 0 bridgehead atoms. The van der Waals surface area contributed by atoms with Crippen LogP contribution < -0.4 is 10.0 Å². The first-order chi connectivity index (χ1) is 23.6. The number of likely N-dealkylation sites (tertiary alicyclic amines) is 1. The number of anilines is 1. The number of halogens is 3. The number of piperidine rings is 1. The molecular weight excluding hydrogens is 685 g/mol. The Bertz CT molecular complexity index is 2010. The summed E-state index contributed by atoms with van der Waals surface area (Å²) in [7, 11) is 2.24. The summed E-state index contributed by atoms with van der Waals surface area (Å²) < 4.78 is 69.6. The molecule has 5 heterocycles. The Morgan fingerprint density at radius 1 is 1.08 bits per heavy atom. The summed E-state index contributed by atoms with van der Waals surface area (Å²) in [4.78, 5) is 14.0. The lowest BCUT2D eigenvalue weighted by Crippen LogP contribution is -2.60. The van der Waals surface area contributed by atoms with E-state index in [4.69, 9.17) is 0 Å². The molecule has 2 fully saturated rings. The zero-order valence-electron chi connectivity index (χ0n) is 29.0. The molecule has 0 amide bonds. The second kappa shape index (κ2) is 14.1. The normalized spacial score (nSPS) is 18.5. The quantitative estimate of drug-likeness (QED) is 0.239. The van der Waals surface area contributed by atoms with Gasteiger partial charge < -0.3 is 9.88 Å². The van der Waals surface area contributed by atoms with Crippen molar-refractivity contribution >= 4 is 64.2 Å². The molecule has 2 aliphatic rings. The number of fused-ring (bicyclic) bond motifs is 2. The van der Waals surface area contributed by atoms with Gasteiger partial charge in [-0.2, -0.15) is 31.2 Å². The molecule has 2 N–H and O–H groups in total. The number of hydrogen-bond acceptors (Lipinski definition) is 9. The van der Waals surface area contributed by atoms with Gasteiger partial charge in [-0.25, -0.2) is 14.7 Å². The Kier molecular flexibility index (Phi) is 10.3. The van der Waals surface area contributed by atoms with E-state index in [1.165, 1.54) is 23.2 Å². The van der Waals surface area contributed by atoms with E-state index in [0.29, 0.717) is 47.9 Å². The summed E-state index contributed by atoms with van der Waals surface area (Å²) in [6, 6.07) is 10.4. The third kappa shape index (κ3) is 7.40. The molecule has 0 spiro atoms. The second-order valence-corrected chi connectivity index (χ2v) is 16.9. The van der Waals surface area contributed by atoms with Crippen LogP contribution in [0.4, 0.5) is 19.0 Å². The van der Waals surface area contributed by atoms with E-state index in [1.807, 2.05) is 6.07 Å². The van der Waals surface area contributed by atoms with E-state index in [9.17, 15) is 26.9 Å². The van der Waals surface area contributed by atoms with Gasteiger partial charge in [-0.15, -0.1) is 11.3 Å². The van der Waals surface area contributed by atoms with Crippen LogP contribution in [-0.2, 0) is 28.5 Å². The summed E-state index contributed by atoms with van der Waals surface area (Å²) in [5.41, 5.74) is 3.94. The molecule has 0 saturated carbocycles. The van der Waals surface area contributed by atoms with E-state index in [2.05, 4.69) is 82.1 Å². The number of hydrogen-bond donors (Lipinski definition) is 2. The summed E-state index contributed by atoms with van der Waals surface area (Å²) in [6.45, 7) is 8.74. The van der Waals surface area contributed by atoms with Gasteiger partial charge in [-0.1, -0.05) is 6.07 Å². The first kappa shape index (κ1) is 36.6. The zero-order chi connectivity index (χ0) is 36.0. The van der Waals surface area contributed by atoms with Crippen LogP contribution in [0, 0.1) is 18.3 Å². The Balaban J connectivity index is 1.12. The van der Waals surface area contributed by atoms with Gasteiger partial charge in [0.15, 0.2) is 0 Å². The molecule has 0 aliphatic carbocycles. The lowest BCUT2D eigenvalue weighted by atomic mass is 9.57. The minimum Gasteiger partial charge on any atom is -0.367 e. The van der Waals surface area contributed by atoms with Crippen molar-refractivity contribution in [2.24, 2.45) is 0 Å². The first-order valence-corrected chi connectivity index (χ1v) is 19.1. The van der Waals surface area contributed by atoms with Crippen LogP contribution in [0.25, 0.3) is 21.1 Å². The van der Waals surface area contributed by atoms with Gasteiger partial charge in [0.1, 0.15) is 44.4 Å². The maximum atomic E-state index is 13.0. The van der Waals surface area contributed by atoms with Gasteiger partial charge in [-0.3, -0.25) is 9.80 Å². The number of rotatable bonds is 10. The number of nitrogens with zero attached hydrogens (tertiary/aromatic N) is 7. The molecule has 1 unspecified atom stereocenters. The fourth-order valence-electron chi connectivity index (χ4n) is 7.41. The lowest BCUT2D eigenvalue weighted by Gasteiger charge is -2.45. The summed E-state index contributed by atoms with van der Waals surface area (Å²) in [5.74, 6) is 0.582. The summed E-state index contributed by atoms with van der Waals surface area (Å²) >= 11 is 1.06. The van der Waals surface area contributed by atoms with Crippen LogP contribution in [0.2, 0.25) is 0 Å². The van der Waals surface area contributed by atoms with Gasteiger partial charge in [-0.05, 0) is 61.4 Å². The fraction of sp³-hybridized carbons (Fsp3) is 0.531. The third-order valence-corrected chi connectivity index (χ3v) is 13.2. The highest BCUT2D eigenvalue weighted by atomic mass is 32.2. The van der Waals surface area contributed by atoms with Crippen molar-refractivity contribution in [1.82, 2.24) is 33.4 Å². The molecule has 6 rings (SSSR count). The zero-order valence-corrected chi connectivity index (χ0v) is 30.6. The van der Waals surface area contributed by atoms with Gasteiger partial charge >= 0.3 is 6.18 Å². The monoisotopic (exact) mass is 727 g/mol. The van der Waals surface area contributed by atoms with E-state index in [-0.39, 0.29) is 17.0 Å². The van der Waals surface area contributed by atoms with Gasteiger partial charge in [0, 0.05) is 80.7 Å². The standard InChI is InChI=1S/C32H42B2F3N9O2S2/c1-20-22(18-43-8-6-23(7-9-43)42-29-27-15-25(16-31(35,36)37)49-30(27)41-19-40-29)4-5-28-26(20)14-24(17-38)46(28)32(33,34)21(2)44-10-12-45(13-11-44)50(47,48)39-3/h4-5,14-15,19,21,23,39H,6-13,16,18,33-34H2,1-3H3,(H,40,41,42). The van der Waals surface area contributed by atoms with Gasteiger partial charge in [0.25, 0.3) is 10.2 Å². The molecular formula is C32H42B2F3N9O2S2. The van der Waals surface area contributed by atoms with Gasteiger partial charge in [0.05, 0.1) is 11.8 Å². The van der Waals surface area contributed by atoms with Crippen LogP contribution in [0.15, 0.2) is 30.6 Å². The molecule has 2 aliphatic heterocycles. The highest BCUT2D eigenvalue weighted by molar-refractivity contribution is 7.87. The number of piperazine rings is 1. The molecule has 18 heteroatoms. The predicted octanol–water partition coefficient (Wildman–Crippen LogP) is 2.35. The molecule has 2 saturated heterocycles. The van der Waals surface area contributed by atoms with Crippen molar-refractivity contribution in [3.8, 4) is 6.07 Å². The topological polar surface area (TPSA) is 122 Å². The molecule has 1 atom stereocenters. The number of thiophene rings is 1. The number of nitrogens with one attached hydrogen (secondary N) is 2. The van der Waals surface area contributed by atoms with E-state index in [1.54, 1.807) is 6.07 Å². The van der Waals surface area contributed by atoms with Crippen LogP contribution in [0.5, 0.6) is 0 Å². The van der Waals surface area contributed by atoms with Crippen molar-refractivity contribution in [3.63, 3.8) is 0 Å². The maximum Gasteiger partial charge on any atom is 0.393 e. The molecule has 266 valence electrons. The highest BCUT2D eigenvalue weighted by Gasteiger charge is 2.37. The minimum atomic E-state index is -4.27. The fourth-order valence-corrected chi connectivity index (χ4v) is 9.34. The first-order valence-electron chi connectivity index (χ1n) is 16.9. The summed E-state index contributed by atoms with van der Waals surface area (Å²) in [5, 5.41) is 14.9. The molecule has 1 aromatic carbocycles. The lowest BCUT2D eigenvalue weighted by molar-refractivity contribution is -0.126. The maximum absolute atomic E-state index is 13.0. The van der Waals surface area contributed by atoms with Crippen LogP contribution in [0.3, 0.4) is 0 Å². The van der Waals surface area contributed by atoms with Crippen LogP contribution >= 0.6 is 11.3 Å². The minimum absolute atomic E-state index is 0.0275. The Labute approximate surface area is 296 Å². The van der Waals surface area contributed by atoms with Crippen molar-refractivity contribution in [2.75, 3.05) is 51.6 Å². The van der Waals surface area contributed by atoms with Crippen molar-refractivity contribution in [1.29, 1.82) is 5.26 Å². The number of alkyl halides is 3. The molecule has 3 aromatic heterocycles. The number of benzene rings is 1. The van der Waals surface area contributed by atoms with E-state index < -0.39 is 28.1 Å². The van der Waals surface area contributed by atoms with Crippen molar-refractivity contribution in [2.45, 2.75) is 63.3 Å². The number of aryl methyl sites for hydroxylation is 1. The Hall–Kier alpha value is -3.20. The molecule has 4 aromatic rings. The SMILES string of the molecule is BC(B)(C(C)N1CCN(S(=O)(=O)NC)CC1)n1c(C#N)cc2c(C)c(CN3CCC(Nc4ncnc5sc(CC(F)(F)F)cc45)CC3)ccc21. The van der Waals surface area contributed by atoms with E-state index in [0.717, 1.165) is 60.3 Å². The van der Waals surface area contributed by atoms with Crippen LogP contribution in [-0.4, -0.2) is 117 Å². The largest absolute Gasteiger partial charge is 0.393 e. The number of nitriles is 1. The summed E-state index contributed by atoms with van der Waals surface area (Å²) in [6.07, 6.45) is -2.11. The molecule has 50 heavy (non-hydrogen) atoms. The Morgan fingerprint density at radius 3 is 2.42 bits per heavy atom. The van der Waals surface area contributed by atoms with Crippen LogP contribution in [0.1, 0.15) is 41.5 Å². The van der Waals surface area contributed by atoms with Gasteiger partial charge in [0.2, 0.25) is 0 Å². The van der Waals surface area contributed by atoms with E-state index >= 15 is 0 Å². The average molecular weight is 728 g/mol. The van der Waals surface area contributed by atoms with Crippen molar-refractivity contribution < 1.29 is 21.6 Å². The molecule has 0 radical (unpaired) electrons. The Morgan fingerprint density at radius 2 is 1.78 bits per heavy atom. The second-order valence-electron chi connectivity index (χ2n) is 13.9.